The number of hydrogen-bond donors (Lipinski definition) is 0. The van der Waals surface area contributed by atoms with E-state index in [0.29, 0.717) is 0 Å². The molecule has 0 saturated carbocycles. The van der Waals surface area contributed by atoms with Gasteiger partial charge in [-0.25, -0.2) is 0 Å². The van der Waals surface area contributed by atoms with Crippen molar-refractivity contribution < 1.29 is 0 Å². The molecule has 0 bridgehead atoms. The van der Waals surface area contributed by atoms with E-state index in [1.807, 2.05) is 18.2 Å². The van der Waals surface area contributed by atoms with Crippen LogP contribution in [0.5, 0.6) is 0 Å². The molecular weight excluding hydrogens is 270 g/mol. The zero-order chi connectivity index (χ0) is 14.3. The van der Waals surface area contributed by atoms with E-state index in [-0.39, 0.29) is 17.8 Å². The largest absolute Gasteiger partial charge is 0.309 e. The number of halogens is 1. The van der Waals surface area contributed by atoms with Gasteiger partial charge in [0, 0.05) is 0 Å². The lowest BCUT2D eigenvalue weighted by atomic mass is 9.76. The summed E-state index contributed by atoms with van der Waals surface area (Å²) in [6.07, 6.45) is 1.74. The molecule has 0 amide bonds. The predicted octanol–water partition coefficient (Wildman–Crippen LogP) is 2.77. The van der Waals surface area contributed by atoms with Gasteiger partial charge in [-0.2, -0.15) is 5.26 Å². The molecule has 0 aliphatic heterocycles. The molecule has 20 heavy (non-hydrogen) atoms. The molecule has 0 heterocycles. The van der Waals surface area contributed by atoms with E-state index in [1.165, 1.54) is 0 Å². The van der Waals surface area contributed by atoms with Crippen LogP contribution in [0, 0.1) is 11.3 Å². The van der Waals surface area contributed by atoms with Gasteiger partial charge in [0.05, 0.1) is 11.5 Å². The first kappa shape index (κ1) is 18.9. The summed E-state index contributed by atoms with van der Waals surface area (Å²) >= 11 is 0. The molecule has 0 N–H and O–H groups in total. The molecule has 1 rings (SSSR count). The van der Waals surface area contributed by atoms with Gasteiger partial charge in [0.25, 0.3) is 0 Å². The molecule has 0 fully saturated rings. The van der Waals surface area contributed by atoms with Crippen molar-refractivity contribution in [2.24, 2.45) is 0 Å². The van der Waals surface area contributed by atoms with Crippen molar-refractivity contribution in [3.63, 3.8) is 0 Å². The second-order valence-corrected chi connectivity index (χ2v) is 5.67. The molecule has 0 unspecified atom stereocenters. The van der Waals surface area contributed by atoms with Crippen molar-refractivity contribution >= 4 is 12.4 Å². The van der Waals surface area contributed by atoms with Gasteiger partial charge < -0.3 is 9.80 Å². The average molecular weight is 296 g/mol. The minimum absolute atomic E-state index is 0. The fourth-order valence-electron chi connectivity index (χ4n) is 2.18. The van der Waals surface area contributed by atoms with Gasteiger partial charge in [-0.1, -0.05) is 30.3 Å². The van der Waals surface area contributed by atoms with Crippen LogP contribution in [-0.4, -0.2) is 51.1 Å². The van der Waals surface area contributed by atoms with Crippen LogP contribution in [0.15, 0.2) is 30.3 Å². The Kier molecular flexibility index (Phi) is 8.48. The topological polar surface area (TPSA) is 30.3 Å². The zero-order valence-electron chi connectivity index (χ0n) is 13.0. The van der Waals surface area contributed by atoms with Gasteiger partial charge in [0.15, 0.2) is 0 Å². The van der Waals surface area contributed by atoms with Crippen molar-refractivity contribution in [2.75, 3.05) is 41.3 Å². The summed E-state index contributed by atoms with van der Waals surface area (Å²) in [4.78, 5) is 4.29. The second kappa shape index (κ2) is 8.97. The van der Waals surface area contributed by atoms with Crippen LogP contribution < -0.4 is 0 Å². The lowest BCUT2D eigenvalue weighted by molar-refractivity contribution is 0.307. The highest BCUT2D eigenvalue weighted by Gasteiger charge is 2.31. The first-order valence-corrected chi connectivity index (χ1v) is 6.76. The van der Waals surface area contributed by atoms with Crippen LogP contribution in [0.25, 0.3) is 0 Å². The van der Waals surface area contributed by atoms with E-state index in [0.717, 1.165) is 31.5 Å². The van der Waals surface area contributed by atoms with Crippen molar-refractivity contribution in [1.29, 1.82) is 5.26 Å². The molecule has 112 valence electrons. The smallest absolute Gasteiger partial charge is 0.0846 e. The molecule has 3 nitrogen and oxygen atoms in total. The monoisotopic (exact) mass is 295 g/mol. The lowest BCUT2D eigenvalue weighted by Crippen LogP contribution is -2.33. The molecule has 1 aromatic carbocycles. The molecule has 0 aliphatic carbocycles. The van der Waals surface area contributed by atoms with E-state index in [2.05, 4.69) is 56.2 Å². The third-order valence-electron chi connectivity index (χ3n) is 3.51. The minimum atomic E-state index is -0.379. The summed E-state index contributed by atoms with van der Waals surface area (Å²) in [7, 11) is 8.22. The Hall–Kier alpha value is -1.08. The normalized spacial score (nSPS) is 11.2. The Morgan fingerprint density at radius 3 is 1.75 bits per heavy atom. The molecule has 1 aromatic rings. The highest BCUT2D eigenvalue weighted by Crippen LogP contribution is 2.31. The van der Waals surface area contributed by atoms with Crippen molar-refractivity contribution in [3.05, 3.63) is 35.9 Å². The van der Waals surface area contributed by atoms with E-state index < -0.39 is 0 Å². The summed E-state index contributed by atoms with van der Waals surface area (Å²) in [5, 5.41) is 9.77. The molecule has 4 heteroatoms. The fourth-order valence-corrected chi connectivity index (χ4v) is 2.18. The molecule has 0 atom stereocenters. The quantitative estimate of drug-likeness (QED) is 0.775. The SMILES string of the molecule is CN(C)CCC(C#N)(CCN(C)C)c1ccccc1.Cl. The number of rotatable bonds is 7. The van der Waals surface area contributed by atoms with Gasteiger partial charge in [-0.3, -0.25) is 0 Å². The maximum absolute atomic E-state index is 9.77. The first-order chi connectivity index (χ1) is 9.00. The highest BCUT2D eigenvalue weighted by molar-refractivity contribution is 5.85. The lowest BCUT2D eigenvalue weighted by Gasteiger charge is -2.30. The average Bonchev–Trinajstić information content (AvgIpc) is 2.40. The maximum Gasteiger partial charge on any atom is 0.0846 e. The Morgan fingerprint density at radius 2 is 1.40 bits per heavy atom. The summed E-state index contributed by atoms with van der Waals surface area (Å²) in [5.74, 6) is 0. The standard InChI is InChI=1S/C16H25N3.ClH/c1-18(2)12-10-16(14-17,11-13-19(3)4)15-8-6-5-7-9-15;/h5-9H,10-13H2,1-4H3;1H. The summed E-state index contributed by atoms with van der Waals surface area (Å²) in [6.45, 7) is 1.85. The first-order valence-electron chi connectivity index (χ1n) is 6.76. The Balaban J connectivity index is 0.00000361. The van der Waals surface area contributed by atoms with Crippen LogP contribution in [-0.2, 0) is 5.41 Å². The zero-order valence-corrected chi connectivity index (χ0v) is 13.8. The van der Waals surface area contributed by atoms with E-state index in [1.54, 1.807) is 0 Å². The van der Waals surface area contributed by atoms with Crippen LogP contribution in [0.3, 0.4) is 0 Å². The van der Waals surface area contributed by atoms with Crippen molar-refractivity contribution in [1.82, 2.24) is 9.80 Å². The summed E-state index contributed by atoms with van der Waals surface area (Å²) < 4.78 is 0. The van der Waals surface area contributed by atoms with E-state index in [9.17, 15) is 5.26 Å². The Bertz CT molecular complexity index is 397. The van der Waals surface area contributed by atoms with E-state index in [4.69, 9.17) is 0 Å². The third kappa shape index (κ3) is 5.50. The fraction of sp³-hybridized carbons (Fsp3) is 0.562. The number of nitriles is 1. The predicted molar refractivity (Wildman–Crippen MR) is 87.3 cm³/mol. The van der Waals surface area contributed by atoms with E-state index >= 15 is 0 Å². The van der Waals surface area contributed by atoms with Crippen molar-refractivity contribution in [3.8, 4) is 6.07 Å². The molecular formula is C16H26ClN3. The molecule has 0 saturated heterocycles. The Labute approximate surface area is 129 Å². The third-order valence-corrected chi connectivity index (χ3v) is 3.51. The minimum Gasteiger partial charge on any atom is -0.309 e. The number of hydrogen-bond acceptors (Lipinski definition) is 3. The summed E-state index contributed by atoms with van der Waals surface area (Å²) in [5.41, 5.74) is 0.761. The van der Waals surface area contributed by atoms with Gasteiger partial charge in [0.1, 0.15) is 0 Å². The highest BCUT2D eigenvalue weighted by atomic mass is 35.5. The van der Waals surface area contributed by atoms with Gasteiger partial charge in [0.2, 0.25) is 0 Å². The molecule has 0 aromatic heterocycles. The van der Waals surface area contributed by atoms with Gasteiger partial charge >= 0.3 is 0 Å². The van der Waals surface area contributed by atoms with Crippen LogP contribution in [0.1, 0.15) is 18.4 Å². The molecule has 0 spiro atoms. The number of benzene rings is 1. The summed E-state index contributed by atoms with van der Waals surface area (Å²) in [6, 6.07) is 12.8. The van der Waals surface area contributed by atoms with Crippen molar-refractivity contribution in [2.45, 2.75) is 18.3 Å². The van der Waals surface area contributed by atoms with Crippen LogP contribution in [0.2, 0.25) is 0 Å². The Morgan fingerprint density at radius 1 is 0.950 bits per heavy atom. The molecule has 0 radical (unpaired) electrons. The second-order valence-electron chi connectivity index (χ2n) is 5.67. The maximum atomic E-state index is 9.77. The molecule has 0 aliphatic rings. The van der Waals surface area contributed by atoms with Gasteiger partial charge in [-0.15, -0.1) is 12.4 Å². The number of nitrogens with zero attached hydrogens (tertiary/aromatic N) is 3. The van der Waals surface area contributed by atoms with Gasteiger partial charge in [-0.05, 0) is 59.7 Å². The van der Waals surface area contributed by atoms with Crippen LogP contribution in [0.4, 0.5) is 0 Å². The van der Waals surface area contributed by atoms with Crippen LogP contribution >= 0.6 is 12.4 Å².